The molecule has 0 bridgehead atoms. The van der Waals surface area contributed by atoms with Crippen molar-refractivity contribution in [2.75, 3.05) is 6.61 Å². The zero-order valence-electron chi connectivity index (χ0n) is 8.45. The minimum atomic E-state index is -0.961. The third kappa shape index (κ3) is 1.52. The van der Waals surface area contributed by atoms with Gasteiger partial charge in [0.2, 0.25) is 0 Å². The van der Waals surface area contributed by atoms with Crippen LogP contribution < -0.4 is 0 Å². The summed E-state index contributed by atoms with van der Waals surface area (Å²) in [7, 11) is 0. The van der Waals surface area contributed by atoms with Crippen LogP contribution >= 0.6 is 0 Å². The molecular weight excluding hydrogens is 178 g/mol. The van der Waals surface area contributed by atoms with E-state index in [4.69, 9.17) is 10.00 Å². The molecule has 0 aromatic heterocycles. The van der Waals surface area contributed by atoms with E-state index in [9.17, 15) is 4.79 Å². The minimum Gasteiger partial charge on any atom is -0.465 e. The standard InChI is InChI=1S/C11H15NO2/c1-3-9-6-5-7-11(9,8-12)10(13)14-4-2/h3,9H,1,4-7H2,2H3/t9-,11+/m0/s1. The number of carbonyl (C=O) groups is 1. The lowest BCUT2D eigenvalue weighted by Crippen LogP contribution is -2.34. The van der Waals surface area contributed by atoms with E-state index in [1.54, 1.807) is 13.0 Å². The van der Waals surface area contributed by atoms with E-state index in [1.165, 1.54) is 0 Å². The highest BCUT2D eigenvalue weighted by Crippen LogP contribution is 2.44. The summed E-state index contributed by atoms with van der Waals surface area (Å²) in [6, 6.07) is 2.12. The van der Waals surface area contributed by atoms with Crippen LogP contribution in [0.5, 0.6) is 0 Å². The van der Waals surface area contributed by atoms with Crippen LogP contribution in [-0.4, -0.2) is 12.6 Å². The third-order valence-corrected chi connectivity index (χ3v) is 2.84. The summed E-state index contributed by atoms with van der Waals surface area (Å²) >= 11 is 0. The molecule has 1 saturated carbocycles. The zero-order valence-corrected chi connectivity index (χ0v) is 8.45. The Hall–Kier alpha value is -1.30. The molecule has 0 N–H and O–H groups in total. The lowest BCUT2D eigenvalue weighted by Gasteiger charge is -2.23. The van der Waals surface area contributed by atoms with Gasteiger partial charge in [-0.3, -0.25) is 4.79 Å². The Morgan fingerprint density at radius 3 is 3.07 bits per heavy atom. The summed E-state index contributed by atoms with van der Waals surface area (Å²) in [5, 5.41) is 9.12. The van der Waals surface area contributed by atoms with Gasteiger partial charge in [0.05, 0.1) is 12.7 Å². The summed E-state index contributed by atoms with van der Waals surface area (Å²) in [6.45, 7) is 5.75. The molecule has 76 valence electrons. The fraction of sp³-hybridized carbons (Fsp3) is 0.636. The van der Waals surface area contributed by atoms with Crippen LogP contribution in [0.3, 0.4) is 0 Å². The van der Waals surface area contributed by atoms with Crippen LogP contribution in [0.15, 0.2) is 12.7 Å². The van der Waals surface area contributed by atoms with Crippen molar-refractivity contribution in [3.8, 4) is 6.07 Å². The van der Waals surface area contributed by atoms with Gasteiger partial charge in [0.25, 0.3) is 0 Å². The molecule has 1 aliphatic carbocycles. The lowest BCUT2D eigenvalue weighted by atomic mass is 9.79. The van der Waals surface area contributed by atoms with Gasteiger partial charge in [-0.05, 0) is 19.8 Å². The molecule has 0 unspecified atom stereocenters. The molecule has 0 aromatic rings. The number of nitriles is 1. The SMILES string of the molecule is C=C[C@H]1CCC[C@]1(C#N)C(=O)OCC. The Morgan fingerprint density at radius 2 is 2.57 bits per heavy atom. The quantitative estimate of drug-likeness (QED) is 0.509. The van der Waals surface area contributed by atoms with Gasteiger partial charge >= 0.3 is 5.97 Å². The van der Waals surface area contributed by atoms with Crippen LogP contribution in [0.1, 0.15) is 26.2 Å². The molecule has 14 heavy (non-hydrogen) atoms. The molecule has 1 fully saturated rings. The molecule has 0 radical (unpaired) electrons. The van der Waals surface area contributed by atoms with Crippen molar-refractivity contribution in [3.63, 3.8) is 0 Å². The summed E-state index contributed by atoms with van der Waals surface area (Å²) in [6.07, 6.45) is 4.05. The van der Waals surface area contributed by atoms with Gasteiger partial charge in [-0.15, -0.1) is 6.58 Å². The number of nitrogens with zero attached hydrogens (tertiary/aromatic N) is 1. The predicted molar refractivity (Wildman–Crippen MR) is 52.2 cm³/mol. The maximum atomic E-state index is 11.7. The van der Waals surface area contributed by atoms with E-state index in [2.05, 4.69) is 12.6 Å². The molecule has 0 spiro atoms. The van der Waals surface area contributed by atoms with Crippen LogP contribution in [0.4, 0.5) is 0 Å². The highest BCUT2D eigenvalue weighted by Gasteiger charge is 2.49. The number of carbonyl (C=O) groups excluding carboxylic acids is 1. The Kier molecular flexibility index (Phi) is 3.29. The van der Waals surface area contributed by atoms with E-state index < -0.39 is 5.41 Å². The second-order valence-corrected chi connectivity index (χ2v) is 3.54. The molecule has 3 nitrogen and oxygen atoms in total. The van der Waals surface area contributed by atoms with Gasteiger partial charge in [-0.1, -0.05) is 12.5 Å². The first-order valence-corrected chi connectivity index (χ1v) is 4.92. The topological polar surface area (TPSA) is 50.1 Å². The molecular formula is C11H15NO2. The fourth-order valence-corrected chi connectivity index (χ4v) is 2.05. The van der Waals surface area contributed by atoms with Gasteiger partial charge in [-0.2, -0.15) is 5.26 Å². The number of hydrogen-bond donors (Lipinski definition) is 0. The molecule has 1 rings (SSSR count). The predicted octanol–water partition coefficient (Wildman–Crippen LogP) is 2.05. The average Bonchev–Trinajstić information content (AvgIpc) is 2.61. The largest absolute Gasteiger partial charge is 0.465 e. The number of hydrogen-bond acceptors (Lipinski definition) is 3. The van der Waals surface area contributed by atoms with Crippen molar-refractivity contribution in [2.24, 2.45) is 11.3 Å². The second-order valence-electron chi connectivity index (χ2n) is 3.54. The Balaban J connectivity index is 2.91. The first-order valence-electron chi connectivity index (χ1n) is 4.92. The van der Waals surface area contributed by atoms with Gasteiger partial charge in [0.15, 0.2) is 5.41 Å². The summed E-state index contributed by atoms with van der Waals surface area (Å²) in [5.74, 6) is -0.434. The first kappa shape index (κ1) is 10.8. The van der Waals surface area contributed by atoms with Crippen LogP contribution in [-0.2, 0) is 9.53 Å². The number of rotatable bonds is 3. The van der Waals surface area contributed by atoms with Crippen LogP contribution in [0.25, 0.3) is 0 Å². The summed E-state index contributed by atoms with van der Waals surface area (Å²) < 4.78 is 4.94. The molecule has 0 amide bonds. The number of esters is 1. The molecule has 1 aliphatic rings. The Morgan fingerprint density at radius 1 is 1.86 bits per heavy atom. The smallest absolute Gasteiger partial charge is 0.327 e. The highest BCUT2D eigenvalue weighted by atomic mass is 16.5. The third-order valence-electron chi connectivity index (χ3n) is 2.84. The van der Waals surface area contributed by atoms with Gasteiger partial charge in [0, 0.05) is 5.92 Å². The van der Waals surface area contributed by atoms with Crippen molar-refractivity contribution >= 4 is 5.97 Å². The molecule has 0 aromatic carbocycles. The summed E-state index contributed by atoms with van der Waals surface area (Å²) in [5.41, 5.74) is -0.961. The first-order chi connectivity index (χ1) is 6.71. The number of ether oxygens (including phenoxy) is 1. The Labute approximate surface area is 84.4 Å². The maximum Gasteiger partial charge on any atom is 0.327 e. The van der Waals surface area contributed by atoms with E-state index in [-0.39, 0.29) is 11.9 Å². The van der Waals surface area contributed by atoms with E-state index >= 15 is 0 Å². The monoisotopic (exact) mass is 193 g/mol. The zero-order chi connectivity index (χ0) is 10.6. The van der Waals surface area contributed by atoms with Crippen molar-refractivity contribution in [3.05, 3.63) is 12.7 Å². The summed E-state index contributed by atoms with van der Waals surface area (Å²) in [4.78, 5) is 11.7. The van der Waals surface area contributed by atoms with E-state index in [0.29, 0.717) is 13.0 Å². The molecule has 0 heterocycles. The van der Waals surface area contributed by atoms with Crippen molar-refractivity contribution in [2.45, 2.75) is 26.2 Å². The van der Waals surface area contributed by atoms with Crippen molar-refractivity contribution < 1.29 is 9.53 Å². The Bertz CT molecular complexity index is 280. The lowest BCUT2D eigenvalue weighted by molar-refractivity contribution is -0.153. The van der Waals surface area contributed by atoms with Gasteiger partial charge in [-0.25, -0.2) is 0 Å². The normalized spacial score (nSPS) is 30.7. The molecule has 2 atom stereocenters. The average molecular weight is 193 g/mol. The van der Waals surface area contributed by atoms with Crippen molar-refractivity contribution in [1.82, 2.24) is 0 Å². The minimum absolute atomic E-state index is 0.0495. The van der Waals surface area contributed by atoms with E-state index in [0.717, 1.165) is 12.8 Å². The fourth-order valence-electron chi connectivity index (χ4n) is 2.05. The van der Waals surface area contributed by atoms with E-state index in [1.807, 2.05) is 0 Å². The van der Waals surface area contributed by atoms with Gasteiger partial charge < -0.3 is 4.74 Å². The molecule has 3 heteroatoms. The maximum absolute atomic E-state index is 11.7. The van der Waals surface area contributed by atoms with Crippen LogP contribution in [0, 0.1) is 22.7 Å². The van der Waals surface area contributed by atoms with Gasteiger partial charge in [0.1, 0.15) is 0 Å². The molecule has 0 saturated heterocycles. The molecule has 0 aliphatic heterocycles. The number of allylic oxidation sites excluding steroid dienone is 1. The second kappa shape index (κ2) is 4.28. The van der Waals surface area contributed by atoms with Crippen LogP contribution in [0.2, 0.25) is 0 Å². The van der Waals surface area contributed by atoms with Crippen molar-refractivity contribution in [1.29, 1.82) is 5.26 Å². The highest BCUT2D eigenvalue weighted by molar-refractivity contribution is 5.81.